The van der Waals surface area contributed by atoms with Gasteiger partial charge in [-0.25, -0.2) is 0 Å². The Kier molecular flexibility index (Phi) is 2.25. The van der Waals surface area contributed by atoms with Gasteiger partial charge in [0.05, 0.1) is 10.6 Å². The van der Waals surface area contributed by atoms with Crippen molar-refractivity contribution in [3.63, 3.8) is 0 Å². The molecule has 1 aromatic carbocycles. The molecule has 0 aliphatic carbocycles. The number of nitriles is 1. The van der Waals surface area contributed by atoms with E-state index < -0.39 is 0 Å². The molecule has 0 spiro atoms. The van der Waals surface area contributed by atoms with Gasteiger partial charge in [-0.1, -0.05) is 11.6 Å². The molecule has 0 atom stereocenters. The molecule has 3 heteroatoms. The van der Waals surface area contributed by atoms with Crippen LogP contribution in [0.1, 0.15) is 16.7 Å². The van der Waals surface area contributed by atoms with E-state index >= 15 is 0 Å². The van der Waals surface area contributed by atoms with Crippen LogP contribution in [0.2, 0.25) is 5.02 Å². The molecule has 0 aliphatic heterocycles. The average molecular weight is 182 g/mol. The van der Waals surface area contributed by atoms with Gasteiger partial charge in [0.25, 0.3) is 0 Å². The van der Waals surface area contributed by atoms with Crippen molar-refractivity contribution in [3.8, 4) is 11.8 Å². The molecule has 0 amide bonds. The maximum atomic E-state index is 9.43. The lowest BCUT2D eigenvalue weighted by Gasteiger charge is -2.05. The smallest absolute Gasteiger partial charge is 0.122 e. The lowest BCUT2D eigenvalue weighted by Crippen LogP contribution is -1.87. The lowest BCUT2D eigenvalue weighted by molar-refractivity contribution is 0.466. The van der Waals surface area contributed by atoms with E-state index in [4.69, 9.17) is 16.9 Å². The number of phenolic OH excluding ortho intramolecular Hbond substituents is 1. The number of benzene rings is 1. The van der Waals surface area contributed by atoms with Gasteiger partial charge in [0, 0.05) is 5.56 Å². The van der Waals surface area contributed by atoms with Crippen molar-refractivity contribution in [2.75, 3.05) is 0 Å². The van der Waals surface area contributed by atoms with E-state index in [2.05, 4.69) is 0 Å². The molecule has 0 unspecified atom stereocenters. The molecule has 62 valence electrons. The summed E-state index contributed by atoms with van der Waals surface area (Å²) in [4.78, 5) is 0. The van der Waals surface area contributed by atoms with Crippen LogP contribution >= 0.6 is 11.6 Å². The highest BCUT2D eigenvalue weighted by molar-refractivity contribution is 6.32. The monoisotopic (exact) mass is 181 g/mol. The van der Waals surface area contributed by atoms with Crippen molar-refractivity contribution in [2.24, 2.45) is 0 Å². The molecule has 1 N–H and O–H groups in total. The van der Waals surface area contributed by atoms with Crippen molar-refractivity contribution in [2.45, 2.75) is 13.8 Å². The van der Waals surface area contributed by atoms with E-state index in [-0.39, 0.29) is 5.75 Å². The minimum Gasteiger partial charge on any atom is -0.507 e. The minimum absolute atomic E-state index is 0.149. The van der Waals surface area contributed by atoms with E-state index in [0.29, 0.717) is 21.7 Å². The minimum atomic E-state index is 0.149. The van der Waals surface area contributed by atoms with E-state index in [0.717, 1.165) is 0 Å². The van der Waals surface area contributed by atoms with Crippen LogP contribution in [0.5, 0.6) is 5.75 Å². The van der Waals surface area contributed by atoms with Gasteiger partial charge in [0.15, 0.2) is 0 Å². The zero-order valence-corrected chi connectivity index (χ0v) is 7.61. The van der Waals surface area contributed by atoms with Crippen molar-refractivity contribution < 1.29 is 5.11 Å². The molecule has 0 bridgehead atoms. The molecule has 0 saturated heterocycles. The molecule has 1 rings (SSSR count). The first-order valence-corrected chi connectivity index (χ1v) is 3.84. The zero-order chi connectivity index (χ0) is 9.30. The first kappa shape index (κ1) is 8.89. The first-order chi connectivity index (χ1) is 5.57. The summed E-state index contributed by atoms with van der Waals surface area (Å²) in [5.74, 6) is 0.149. The van der Waals surface area contributed by atoms with Crippen LogP contribution < -0.4 is 0 Å². The number of halogens is 1. The maximum absolute atomic E-state index is 9.43. The average Bonchev–Trinajstić information content (AvgIpc) is 2.01. The van der Waals surface area contributed by atoms with Crippen molar-refractivity contribution in [3.05, 3.63) is 27.8 Å². The molecule has 0 saturated carbocycles. The Hall–Kier alpha value is -1.20. The number of hydrogen-bond acceptors (Lipinski definition) is 2. The summed E-state index contributed by atoms with van der Waals surface area (Å²) in [6.45, 7) is 3.42. The number of rotatable bonds is 0. The van der Waals surface area contributed by atoms with Crippen molar-refractivity contribution in [1.29, 1.82) is 5.26 Å². The molecule has 2 nitrogen and oxygen atoms in total. The summed E-state index contributed by atoms with van der Waals surface area (Å²) < 4.78 is 0. The van der Waals surface area contributed by atoms with Crippen molar-refractivity contribution in [1.82, 2.24) is 0 Å². The van der Waals surface area contributed by atoms with Gasteiger partial charge in [-0.2, -0.15) is 5.26 Å². The van der Waals surface area contributed by atoms with E-state index in [1.807, 2.05) is 6.07 Å². The SMILES string of the molecule is Cc1cc(Cl)c(C#N)c(C)c1O. The molecule has 0 radical (unpaired) electrons. The Morgan fingerprint density at radius 1 is 1.50 bits per heavy atom. The third-order valence-corrected chi connectivity index (χ3v) is 2.10. The molecule has 0 heterocycles. The van der Waals surface area contributed by atoms with Crippen LogP contribution in [-0.4, -0.2) is 5.11 Å². The zero-order valence-electron chi connectivity index (χ0n) is 6.85. The number of hydrogen-bond donors (Lipinski definition) is 1. The lowest BCUT2D eigenvalue weighted by atomic mass is 10.1. The predicted molar refractivity (Wildman–Crippen MR) is 47.3 cm³/mol. The van der Waals surface area contributed by atoms with Gasteiger partial charge >= 0.3 is 0 Å². The van der Waals surface area contributed by atoms with Gasteiger partial charge in [-0.05, 0) is 25.5 Å². The largest absolute Gasteiger partial charge is 0.507 e. The summed E-state index contributed by atoms with van der Waals surface area (Å²) in [7, 11) is 0. The highest BCUT2D eigenvalue weighted by Crippen LogP contribution is 2.29. The van der Waals surface area contributed by atoms with E-state index in [1.54, 1.807) is 19.9 Å². The van der Waals surface area contributed by atoms with Gasteiger partial charge in [-0.3, -0.25) is 0 Å². The molecule has 0 aliphatic rings. The number of phenols is 1. The van der Waals surface area contributed by atoms with Crippen LogP contribution in [0, 0.1) is 25.2 Å². The molecular weight excluding hydrogens is 174 g/mol. The molecule has 12 heavy (non-hydrogen) atoms. The second kappa shape index (κ2) is 3.04. The third-order valence-electron chi connectivity index (χ3n) is 1.80. The third kappa shape index (κ3) is 1.24. The first-order valence-electron chi connectivity index (χ1n) is 3.46. The molecule has 1 aromatic rings. The van der Waals surface area contributed by atoms with E-state index in [9.17, 15) is 5.11 Å². The van der Waals surface area contributed by atoms with Gasteiger partial charge in [-0.15, -0.1) is 0 Å². The second-order valence-corrected chi connectivity index (χ2v) is 3.04. The predicted octanol–water partition coefficient (Wildman–Crippen LogP) is 2.53. The molecular formula is C9H8ClNO. The number of nitrogens with zero attached hydrogens (tertiary/aromatic N) is 1. The quantitative estimate of drug-likeness (QED) is 0.669. The Bertz CT molecular complexity index is 366. The van der Waals surface area contributed by atoms with Gasteiger partial charge < -0.3 is 5.11 Å². The Morgan fingerprint density at radius 3 is 2.58 bits per heavy atom. The summed E-state index contributed by atoms with van der Waals surface area (Å²) in [6, 6.07) is 3.53. The topological polar surface area (TPSA) is 44.0 Å². The van der Waals surface area contributed by atoms with Gasteiger partial charge in [0.2, 0.25) is 0 Å². The highest BCUT2D eigenvalue weighted by Gasteiger charge is 2.09. The van der Waals surface area contributed by atoms with E-state index in [1.165, 1.54) is 0 Å². The molecule has 0 fully saturated rings. The normalized spacial score (nSPS) is 9.50. The second-order valence-electron chi connectivity index (χ2n) is 2.64. The maximum Gasteiger partial charge on any atom is 0.122 e. The van der Waals surface area contributed by atoms with Gasteiger partial charge in [0.1, 0.15) is 11.8 Å². The number of aryl methyl sites for hydroxylation is 1. The van der Waals surface area contributed by atoms with Crippen LogP contribution in [0.25, 0.3) is 0 Å². The Morgan fingerprint density at radius 2 is 2.08 bits per heavy atom. The fraction of sp³-hybridized carbons (Fsp3) is 0.222. The summed E-state index contributed by atoms with van der Waals surface area (Å²) in [5, 5.41) is 18.5. The van der Waals surface area contributed by atoms with Crippen molar-refractivity contribution >= 4 is 11.6 Å². The highest BCUT2D eigenvalue weighted by atomic mass is 35.5. The van der Waals surface area contributed by atoms with Crippen LogP contribution in [-0.2, 0) is 0 Å². The number of aromatic hydroxyl groups is 1. The standard InChI is InChI=1S/C9H8ClNO/c1-5-3-8(10)7(4-11)6(2)9(5)12/h3,12H,1-2H3. The van der Waals surface area contributed by atoms with Crippen LogP contribution in [0.4, 0.5) is 0 Å². The fourth-order valence-electron chi connectivity index (χ4n) is 1.06. The molecule has 0 aromatic heterocycles. The Balaban J connectivity index is 3.54. The Labute approximate surface area is 76.0 Å². The summed E-state index contributed by atoms with van der Waals surface area (Å²) >= 11 is 5.77. The van der Waals surface area contributed by atoms with Crippen LogP contribution in [0.3, 0.4) is 0 Å². The summed E-state index contributed by atoms with van der Waals surface area (Å²) in [6.07, 6.45) is 0. The van der Waals surface area contributed by atoms with Crippen LogP contribution in [0.15, 0.2) is 6.07 Å². The fourth-order valence-corrected chi connectivity index (χ4v) is 1.41. The summed E-state index contributed by atoms with van der Waals surface area (Å²) in [5.41, 5.74) is 1.58.